The summed E-state index contributed by atoms with van der Waals surface area (Å²) in [7, 11) is 1.32. The topological polar surface area (TPSA) is 98.1 Å². The largest absolute Gasteiger partial charge is 0.495 e. The Morgan fingerprint density at radius 1 is 1.33 bits per heavy atom. The Morgan fingerprint density at radius 2 is 2.05 bits per heavy atom. The van der Waals surface area contributed by atoms with E-state index in [1.54, 1.807) is 6.07 Å². The lowest BCUT2D eigenvalue weighted by Gasteiger charge is -2.12. The third-order valence-electron chi connectivity index (χ3n) is 3.03. The van der Waals surface area contributed by atoms with Gasteiger partial charge in [0.25, 0.3) is 0 Å². The Morgan fingerprint density at radius 3 is 2.62 bits per heavy atom. The molecule has 0 aliphatic rings. The standard InChI is InChI=1S/C15H13FN2O3/c1-21-14-10(15(19)20)5-6-11(17)12(14)13(18)8-3-2-4-9(16)7-8/h2-7,18H,17H2,1H3,(H,19,20)/p+1. The number of nitrogens with two attached hydrogens (primary N) is 2. The Balaban J connectivity index is 2.65. The summed E-state index contributed by atoms with van der Waals surface area (Å²) in [6.07, 6.45) is 0. The van der Waals surface area contributed by atoms with Crippen molar-refractivity contribution >= 4 is 17.4 Å². The molecule has 2 aromatic rings. The number of carboxylic acids is 1. The maximum atomic E-state index is 13.3. The van der Waals surface area contributed by atoms with Crippen LogP contribution in [0.2, 0.25) is 0 Å². The first-order valence-electron chi connectivity index (χ1n) is 6.04. The molecule has 0 aliphatic heterocycles. The normalized spacial score (nSPS) is 10.2. The van der Waals surface area contributed by atoms with Crippen LogP contribution in [0.1, 0.15) is 21.5 Å². The lowest BCUT2D eigenvalue weighted by atomic mass is 9.97. The highest BCUT2D eigenvalue weighted by Gasteiger charge is 2.24. The van der Waals surface area contributed by atoms with Gasteiger partial charge < -0.3 is 15.6 Å². The van der Waals surface area contributed by atoms with Crippen molar-refractivity contribution in [3.05, 3.63) is 58.9 Å². The van der Waals surface area contributed by atoms with Gasteiger partial charge in [-0.3, -0.25) is 5.41 Å². The number of anilines is 1. The van der Waals surface area contributed by atoms with Crippen LogP contribution in [0.3, 0.4) is 0 Å². The van der Waals surface area contributed by atoms with Gasteiger partial charge in [0.05, 0.1) is 7.11 Å². The predicted molar refractivity (Wildman–Crippen MR) is 75.9 cm³/mol. The molecule has 0 spiro atoms. The highest BCUT2D eigenvalue weighted by Crippen LogP contribution is 2.30. The summed E-state index contributed by atoms with van der Waals surface area (Å²) in [4.78, 5) is 11.2. The average molecular weight is 289 g/mol. The van der Waals surface area contributed by atoms with Crippen molar-refractivity contribution in [2.75, 3.05) is 12.8 Å². The van der Waals surface area contributed by atoms with E-state index in [2.05, 4.69) is 0 Å². The van der Waals surface area contributed by atoms with Crippen molar-refractivity contribution in [1.29, 1.82) is 0 Å². The molecular formula is C15H14FN2O3+. The highest BCUT2D eigenvalue weighted by molar-refractivity contribution is 6.15. The van der Waals surface area contributed by atoms with Crippen molar-refractivity contribution in [1.82, 2.24) is 0 Å². The number of hydrogen-bond acceptors (Lipinski definition) is 3. The van der Waals surface area contributed by atoms with Crippen LogP contribution < -0.4 is 15.9 Å². The van der Waals surface area contributed by atoms with Gasteiger partial charge in [0.2, 0.25) is 5.71 Å². The monoisotopic (exact) mass is 289 g/mol. The van der Waals surface area contributed by atoms with Crippen molar-refractivity contribution in [3.8, 4) is 5.75 Å². The molecule has 0 radical (unpaired) electrons. The molecule has 0 saturated heterocycles. The van der Waals surface area contributed by atoms with E-state index in [1.165, 1.54) is 37.4 Å². The molecule has 0 saturated carbocycles. The minimum absolute atomic E-state index is 0.0456. The zero-order valence-electron chi connectivity index (χ0n) is 11.3. The van der Waals surface area contributed by atoms with E-state index >= 15 is 0 Å². The maximum Gasteiger partial charge on any atom is 0.339 e. The number of carboxylic acid groups (broad SMARTS) is 1. The molecule has 0 aromatic heterocycles. The van der Waals surface area contributed by atoms with Crippen molar-refractivity contribution in [2.45, 2.75) is 0 Å². The van der Waals surface area contributed by atoms with E-state index in [1.807, 2.05) is 0 Å². The van der Waals surface area contributed by atoms with Gasteiger partial charge in [0.15, 0.2) is 0 Å². The van der Waals surface area contributed by atoms with E-state index in [0.717, 1.165) is 0 Å². The second kappa shape index (κ2) is 5.62. The molecule has 0 fully saturated rings. The summed E-state index contributed by atoms with van der Waals surface area (Å²) in [6.45, 7) is 0. The molecule has 21 heavy (non-hydrogen) atoms. The summed E-state index contributed by atoms with van der Waals surface area (Å²) in [5.74, 6) is -1.58. The lowest BCUT2D eigenvalue weighted by molar-refractivity contribution is -0.111. The lowest BCUT2D eigenvalue weighted by Crippen LogP contribution is -2.41. The molecule has 0 atom stereocenters. The van der Waals surface area contributed by atoms with Crippen LogP contribution in [0.4, 0.5) is 10.1 Å². The fourth-order valence-electron chi connectivity index (χ4n) is 2.06. The van der Waals surface area contributed by atoms with Crippen LogP contribution in [0, 0.1) is 5.82 Å². The van der Waals surface area contributed by atoms with Crippen molar-refractivity contribution in [3.63, 3.8) is 0 Å². The number of benzene rings is 2. The molecule has 2 rings (SSSR count). The van der Waals surface area contributed by atoms with Gasteiger partial charge in [-0.05, 0) is 30.3 Å². The highest BCUT2D eigenvalue weighted by atomic mass is 19.1. The molecule has 0 aliphatic carbocycles. The van der Waals surface area contributed by atoms with Gasteiger partial charge >= 0.3 is 5.97 Å². The second-order valence-corrected chi connectivity index (χ2v) is 4.34. The molecule has 108 valence electrons. The van der Waals surface area contributed by atoms with Gasteiger partial charge in [-0.15, -0.1) is 0 Å². The van der Waals surface area contributed by atoms with Gasteiger partial charge in [-0.25, -0.2) is 9.18 Å². The zero-order chi connectivity index (χ0) is 15.6. The van der Waals surface area contributed by atoms with Gasteiger partial charge in [-0.2, -0.15) is 0 Å². The predicted octanol–water partition coefficient (Wildman–Crippen LogP) is 0.711. The summed E-state index contributed by atoms with van der Waals surface area (Å²) < 4.78 is 18.4. The molecule has 0 bridgehead atoms. The van der Waals surface area contributed by atoms with Gasteiger partial charge in [0.1, 0.15) is 22.7 Å². The number of methoxy groups -OCH3 is 1. The van der Waals surface area contributed by atoms with Crippen molar-refractivity contribution in [2.24, 2.45) is 0 Å². The minimum atomic E-state index is -1.17. The molecule has 6 heteroatoms. The number of carbonyl (C=O) groups is 1. The Labute approximate surface area is 120 Å². The quantitative estimate of drug-likeness (QED) is 0.570. The van der Waals surface area contributed by atoms with Gasteiger partial charge in [0, 0.05) is 11.3 Å². The number of aromatic carboxylic acids is 1. The van der Waals surface area contributed by atoms with Crippen LogP contribution in [0.5, 0.6) is 5.75 Å². The maximum absolute atomic E-state index is 13.3. The molecule has 5 nitrogen and oxygen atoms in total. The second-order valence-electron chi connectivity index (χ2n) is 4.34. The van der Waals surface area contributed by atoms with E-state index in [-0.39, 0.29) is 28.3 Å². The Kier molecular flexibility index (Phi) is 3.89. The third kappa shape index (κ3) is 2.69. The van der Waals surface area contributed by atoms with E-state index in [0.29, 0.717) is 5.56 Å². The third-order valence-corrected chi connectivity index (χ3v) is 3.03. The van der Waals surface area contributed by atoms with Crippen LogP contribution in [0.15, 0.2) is 36.4 Å². The first-order valence-corrected chi connectivity index (χ1v) is 6.04. The van der Waals surface area contributed by atoms with Crippen LogP contribution in [-0.4, -0.2) is 23.9 Å². The van der Waals surface area contributed by atoms with Crippen LogP contribution >= 0.6 is 0 Å². The number of halogens is 1. The summed E-state index contributed by atoms with van der Waals surface area (Å²) in [6, 6.07) is 8.38. The van der Waals surface area contributed by atoms with Crippen LogP contribution in [0.25, 0.3) is 0 Å². The fraction of sp³-hybridized carbons (Fsp3) is 0.0667. The first kappa shape index (κ1) is 14.5. The SMILES string of the molecule is COc1c(C(=O)O)ccc(N)c1C(=[NH2+])c1cccc(F)c1. The summed E-state index contributed by atoms with van der Waals surface area (Å²) >= 11 is 0. The Hall–Kier alpha value is -2.89. The molecule has 0 unspecified atom stereocenters. The zero-order valence-corrected chi connectivity index (χ0v) is 11.3. The smallest absolute Gasteiger partial charge is 0.339 e. The minimum Gasteiger partial charge on any atom is -0.495 e. The number of ether oxygens (including phenoxy) is 1. The first-order chi connectivity index (χ1) is 9.95. The fourth-order valence-corrected chi connectivity index (χ4v) is 2.06. The van der Waals surface area contributed by atoms with E-state index < -0.39 is 11.8 Å². The summed E-state index contributed by atoms with van der Waals surface area (Å²) in [5, 5.41) is 15.2. The Bertz CT molecular complexity index is 729. The average Bonchev–Trinajstić information content (AvgIpc) is 2.45. The van der Waals surface area contributed by atoms with E-state index in [9.17, 15) is 14.3 Å². The molecule has 0 amide bonds. The number of rotatable bonds is 4. The summed E-state index contributed by atoms with van der Waals surface area (Å²) in [5.41, 5.74) is 6.83. The molecule has 5 N–H and O–H groups in total. The number of hydrogen-bond donors (Lipinski definition) is 3. The molecule has 2 aromatic carbocycles. The van der Waals surface area contributed by atoms with E-state index in [4.69, 9.17) is 15.9 Å². The van der Waals surface area contributed by atoms with Crippen LogP contribution in [-0.2, 0) is 0 Å². The number of nitrogen functional groups attached to an aromatic ring is 1. The molecular weight excluding hydrogens is 275 g/mol. The van der Waals surface area contributed by atoms with Gasteiger partial charge in [-0.1, -0.05) is 6.07 Å². The molecule has 0 heterocycles. The van der Waals surface area contributed by atoms with Crippen molar-refractivity contribution < 1.29 is 24.4 Å².